The molecule has 2 aromatic carbocycles. The van der Waals surface area contributed by atoms with E-state index in [9.17, 15) is 18.5 Å². The summed E-state index contributed by atoms with van der Waals surface area (Å²) in [6, 6.07) is 13.6. The van der Waals surface area contributed by atoms with E-state index in [2.05, 4.69) is 9.71 Å². The lowest BCUT2D eigenvalue weighted by Gasteiger charge is -2.10. The maximum absolute atomic E-state index is 12.5. The Morgan fingerprint density at radius 3 is 2.42 bits per heavy atom. The third-order valence-electron chi connectivity index (χ3n) is 3.46. The molecule has 24 heavy (non-hydrogen) atoms. The first-order valence-electron chi connectivity index (χ1n) is 7.00. The van der Waals surface area contributed by atoms with Crippen LogP contribution in [0.3, 0.4) is 0 Å². The number of sulfonamides is 1. The predicted molar refractivity (Wildman–Crippen MR) is 90.4 cm³/mol. The summed E-state index contributed by atoms with van der Waals surface area (Å²) in [4.78, 5) is 14.4. The minimum Gasteiger partial charge on any atom is -0.277 e. The molecule has 0 aliphatic rings. The molecule has 0 spiro atoms. The summed E-state index contributed by atoms with van der Waals surface area (Å²) >= 11 is 0. The van der Waals surface area contributed by atoms with Gasteiger partial charge in [-0.25, -0.2) is 8.42 Å². The maximum Gasteiger partial charge on any atom is 0.269 e. The normalized spacial score (nSPS) is 11.4. The van der Waals surface area contributed by atoms with Gasteiger partial charge in [-0.3, -0.25) is 19.8 Å². The van der Waals surface area contributed by atoms with Gasteiger partial charge in [-0.05, 0) is 31.2 Å². The monoisotopic (exact) mass is 343 g/mol. The van der Waals surface area contributed by atoms with Crippen LogP contribution in [0.1, 0.15) is 5.69 Å². The van der Waals surface area contributed by atoms with Crippen molar-refractivity contribution in [3.05, 3.63) is 70.4 Å². The molecule has 0 amide bonds. The highest BCUT2D eigenvalue weighted by molar-refractivity contribution is 7.92. The average molecular weight is 343 g/mol. The first-order chi connectivity index (χ1) is 11.4. The van der Waals surface area contributed by atoms with E-state index in [1.165, 1.54) is 12.1 Å². The Labute approximate surface area is 138 Å². The topological polar surface area (TPSA) is 102 Å². The highest BCUT2D eigenvalue weighted by Crippen LogP contribution is 2.25. The van der Waals surface area contributed by atoms with Gasteiger partial charge in [0, 0.05) is 23.2 Å². The number of anilines is 1. The summed E-state index contributed by atoms with van der Waals surface area (Å²) in [6.07, 6.45) is 0. The van der Waals surface area contributed by atoms with Gasteiger partial charge in [-0.1, -0.05) is 18.2 Å². The molecule has 0 atom stereocenters. The fourth-order valence-corrected chi connectivity index (χ4v) is 3.34. The molecule has 3 rings (SSSR count). The van der Waals surface area contributed by atoms with Gasteiger partial charge in [-0.2, -0.15) is 0 Å². The van der Waals surface area contributed by atoms with Crippen LogP contribution >= 0.6 is 0 Å². The number of nitrogens with one attached hydrogen (secondary N) is 1. The van der Waals surface area contributed by atoms with Crippen molar-refractivity contribution in [2.24, 2.45) is 0 Å². The molecule has 0 fully saturated rings. The molecule has 1 aromatic heterocycles. The van der Waals surface area contributed by atoms with E-state index in [0.29, 0.717) is 11.2 Å². The van der Waals surface area contributed by atoms with Crippen LogP contribution in [0.4, 0.5) is 11.4 Å². The molecular formula is C16H13N3O4S. The number of nitro benzene ring substituents is 1. The Balaban J connectivity index is 2.00. The van der Waals surface area contributed by atoms with E-state index in [4.69, 9.17) is 0 Å². The standard InChI is InChI=1S/C16H13N3O4S/c1-11-5-6-12-3-2-4-15(16(12)17-11)18-24(22,23)14-9-7-13(8-10-14)19(20)21/h2-10,18H,1H3. The van der Waals surface area contributed by atoms with Crippen molar-refractivity contribution in [2.45, 2.75) is 11.8 Å². The molecule has 0 saturated heterocycles. The Kier molecular flexibility index (Phi) is 3.90. The highest BCUT2D eigenvalue weighted by Gasteiger charge is 2.17. The van der Waals surface area contributed by atoms with Gasteiger partial charge in [0.15, 0.2) is 0 Å². The van der Waals surface area contributed by atoms with E-state index < -0.39 is 14.9 Å². The highest BCUT2D eigenvalue weighted by atomic mass is 32.2. The van der Waals surface area contributed by atoms with Crippen molar-refractivity contribution in [1.82, 2.24) is 4.98 Å². The van der Waals surface area contributed by atoms with Crippen molar-refractivity contribution >= 4 is 32.3 Å². The zero-order chi connectivity index (χ0) is 17.3. The Morgan fingerprint density at radius 2 is 1.75 bits per heavy atom. The smallest absolute Gasteiger partial charge is 0.269 e. The van der Waals surface area contributed by atoms with Crippen molar-refractivity contribution in [1.29, 1.82) is 0 Å². The van der Waals surface area contributed by atoms with Crippen LogP contribution in [0.5, 0.6) is 0 Å². The van der Waals surface area contributed by atoms with Crippen molar-refractivity contribution in [2.75, 3.05) is 4.72 Å². The zero-order valence-corrected chi connectivity index (χ0v) is 13.4. The van der Waals surface area contributed by atoms with E-state index in [-0.39, 0.29) is 10.6 Å². The molecular weight excluding hydrogens is 330 g/mol. The Morgan fingerprint density at radius 1 is 1.04 bits per heavy atom. The van der Waals surface area contributed by atoms with E-state index in [1.54, 1.807) is 12.1 Å². The lowest BCUT2D eigenvalue weighted by Crippen LogP contribution is -2.13. The van der Waals surface area contributed by atoms with Crippen molar-refractivity contribution < 1.29 is 13.3 Å². The summed E-state index contributed by atoms with van der Waals surface area (Å²) in [7, 11) is -3.87. The van der Waals surface area contributed by atoms with E-state index in [1.807, 2.05) is 25.1 Å². The largest absolute Gasteiger partial charge is 0.277 e. The first-order valence-corrected chi connectivity index (χ1v) is 8.49. The SMILES string of the molecule is Cc1ccc2cccc(NS(=O)(=O)c3ccc([N+](=O)[O-])cc3)c2n1. The number of fused-ring (bicyclic) bond motifs is 1. The number of nitrogens with zero attached hydrogens (tertiary/aromatic N) is 2. The number of pyridine rings is 1. The molecule has 3 aromatic rings. The van der Waals surface area contributed by atoms with Crippen LogP contribution in [0.2, 0.25) is 0 Å². The average Bonchev–Trinajstić information content (AvgIpc) is 2.55. The number of non-ortho nitro benzene ring substituents is 1. The quantitative estimate of drug-likeness (QED) is 0.578. The first kappa shape index (κ1) is 15.9. The van der Waals surface area contributed by atoms with Crippen LogP contribution in [-0.4, -0.2) is 18.3 Å². The summed E-state index contributed by atoms with van der Waals surface area (Å²) in [5.74, 6) is 0. The van der Waals surface area contributed by atoms with Crippen LogP contribution in [-0.2, 0) is 10.0 Å². The number of aryl methyl sites for hydroxylation is 1. The van der Waals surface area contributed by atoms with Crippen LogP contribution in [0.25, 0.3) is 10.9 Å². The predicted octanol–water partition coefficient (Wildman–Crippen LogP) is 3.25. The van der Waals surface area contributed by atoms with Gasteiger partial charge < -0.3 is 0 Å². The third-order valence-corrected chi connectivity index (χ3v) is 4.84. The molecule has 1 heterocycles. The number of nitro groups is 1. The van der Waals surface area contributed by atoms with Crippen LogP contribution in [0, 0.1) is 17.0 Å². The van der Waals surface area contributed by atoms with Gasteiger partial charge >= 0.3 is 0 Å². The maximum atomic E-state index is 12.5. The number of benzene rings is 2. The number of aromatic nitrogens is 1. The second-order valence-corrected chi connectivity index (χ2v) is 6.87. The molecule has 1 N–H and O–H groups in total. The number of hydrogen-bond donors (Lipinski definition) is 1. The Bertz CT molecular complexity index is 1030. The fraction of sp³-hybridized carbons (Fsp3) is 0.0625. The lowest BCUT2D eigenvalue weighted by molar-refractivity contribution is -0.384. The molecule has 7 nitrogen and oxygen atoms in total. The molecule has 0 saturated carbocycles. The number of rotatable bonds is 4. The molecule has 122 valence electrons. The number of para-hydroxylation sites is 1. The Hall–Kier alpha value is -3.00. The minimum absolute atomic E-state index is 0.0576. The van der Waals surface area contributed by atoms with Gasteiger partial charge in [0.25, 0.3) is 15.7 Å². The van der Waals surface area contributed by atoms with Gasteiger partial charge in [-0.15, -0.1) is 0 Å². The van der Waals surface area contributed by atoms with Crippen molar-refractivity contribution in [3.8, 4) is 0 Å². The summed E-state index contributed by atoms with van der Waals surface area (Å²) < 4.78 is 27.5. The van der Waals surface area contributed by atoms with Crippen LogP contribution in [0.15, 0.2) is 59.5 Å². The zero-order valence-electron chi connectivity index (χ0n) is 12.6. The lowest BCUT2D eigenvalue weighted by atomic mass is 10.2. The fourth-order valence-electron chi connectivity index (χ4n) is 2.28. The van der Waals surface area contributed by atoms with Crippen LogP contribution < -0.4 is 4.72 Å². The molecule has 0 unspecified atom stereocenters. The van der Waals surface area contributed by atoms with E-state index in [0.717, 1.165) is 23.2 Å². The summed E-state index contributed by atoms with van der Waals surface area (Å²) in [6.45, 7) is 1.82. The molecule has 8 heteroatoms. The molecule has 0 aliphatic heterocycles. The summed E-state index contributed by atoms with van der Waals surface area (Å²) in [5, 5.41) is 11.5. The van der Waals surface area contributed by atoms with Gasteiger partial charge in [0.1, 0.15) is 0 Å². The molecule has 0 radical (unpaired) electrons. The van der Waals surface area contributed by atoms with Crippen molar-refractivity contribution in [3.63, 3.8) is 0 Å². The summed E-state index contributed by atoms with van der Waals surface area (Å²) in [5.41, 5.74) is 1.50. The van der Waals surface area contributed by atoms with Gasteiger partial charge in [0.2, 0.25) is 0 Å². The number of hydrogen-bond acceptors (Lipinski definition) is 5. The van der Waals surface area contributed by atoms with Gasteiger partial charge in [0.05, 0.1) is 21.0 Å². The second-order valence-electron chi connectivity index (χ2n) is 5.19. The molecule has 0 bridgehead atoms. The second kappa shape index (κ2) is 5.89. The molecule has 0 aliphatic carbocycles. The van der Waals surface area contributed by atoms with E-state index >= 15 is 0 Å². The minimum atomic E-state index is -3.87. The third kappa shape index (κ3) is 3.04.